The third-order valence-electron chi connectivity index (χ3n) is 1.58. The van der Waals surface area contributed by atoms with Crippen LogP contribution in [0.15, 0.2) is 12.5 Å². The fraction of sp³-hybridized carbons (Fsp3) is 0. The lowest BCUT2D eigenvalue weighted by molar-refractivity contribution is 0.303. The van der Waals surface area contributed by atoms with Gasteiger partial charge in [-0.25, -0.2) is 9.97 Å². The van der Waals surface area contributed by atoms with Crippen molar-refractivity contribution in [2.24, 2.45) is 5.73 Å². The minimum absolute atomic E-state index is 0.0860. The van der Waals surface area contributed by atoms with Gasteiger partial charge in [0.2, 0.25) is 5.96 Å². The third kappa shape index (κ3) is 1.23. The van der Waals surface area contributed by atoms with Gasteiger partial charge in [0.25, 0.3) is 5.95 Å². The molecule has 0 aromatic carbocycles. The lowest BCUT2D eigenvalue weighted by atomic mass is 10.5. The van der Waals surface area contributed by atoms with Crippen molar-refractivity contribution in [1.82, 2.24) is 19.9 Å². The van der Waals surface area contributed by atoms with Crippen LogP contribution in [-0.4, -0.2) is 31.1 Å². The number of fused-ring (bicyclic) bond motifs is 1. The van der Waals surface area contributed by atoms with Gasteiger partial charge in [0, 0.05) is 0 Å². The Morgan fingerprint density at radius 1 is 1.57 bits per heavy atom. The van der Waals surface area contributed by atoms with Crippen molar-refractivity contribution in [2.75, 3.05) is 5.06 Å². The monoisotopic (exact) mass is 193 g/mol. The van der Waals surface area contributed by atoms with E-state index in [1.807, 2.05) is 0 Å². The number of hydroxylamine groups is 1. The molecule has 0 amide bonds. The van der Waals surface area contributed by atoms with E-state index in [2.05, 4.69) is 19.9 Å². The molecule has 0 unspecified atom stereocenters. The van der Waals surface area contributed by atoms with Gasteiger partial charge in [0.05, 0.1) is 12.5 Å². The van der Waals surface area contributed by atoms with Gasteiger partial charge in [-0.3, -0.25) is 10.6 Å². The van der Waals surface area contributed by atoms with Gasteiger partial charge in [0.15, 0.2) is 5.65 Å². The molecule has 72 valence electrons. The van der Waals surface area contributed by atoms with Crippen LogP contribution in [0.25, 0.3) is 11.2 Å². The number of H-pyrrole nitrogens is 1. The number of hydrogen-bond acceptors (Lipinski definition) is 5. The number of rotatable bonds is 1. The minimum Gasteiger partial charge on any atom is -0.368 e. The summed E-state index contributed by atoms with van der Waals surface area (Å²) in [5.74, 6) is -0.642. The largest absolute Gasteiger partial charge is 0.368 e. The molecule has 0 aliphatic heterocycles. The Morgan fingerprint density at radius 3 is 3.07 bits per heavy atom. The molecule has 0 saturated heterocycles. The highest BCUT2D eigenvalue weighted by molar-refractivity contribution is 5.88. The van der Waals surface area contributed by atoms with E-state index in [-0.39, 0.29) is 5.95 Å². The van der Waals surface area contributed by atoms with Crippen LogP contribution in [0.4, 0.5) is 5.95 Å². The molecule has 2 aromatic rings. The van der Waals surface area contributed by atoms with Crippen LogP contribution in [0, 0.1) is 5.41 Å². The molecule has 0 saturated carbocycles. The number of aromatic amines is 1. The Bertz CT molecular complexity index is 478. The van der Waals surface area contributed by atoms with Crippen molar-refractivity contribution in [3.8, 4) is 0 Å². The molecule has 2 heterocycles. The molecule has 2 rings (SSSR count). The van der Waals surface area contributed by atoms with Crippen molar-refractivity contribution in [3.05, 3.63) is 12.5 Å². The standard InChI is InChI=1S/C6H7N7O/c7-5(8)13(14)6-9-1-3-4(12-6)11-2-10-3/h1-2,14H,(H3,7,8)(H,9,10,11,12). The van der Waals surface area contributed by atoms with Crippen LogP contribution in [0.1, 0.15) is 0 Å². The van der Waals surface area contributed by atoms with Crippen LogP contribution in [0.3, 0.4) is 0 Å². The summed E-state index contributed by atoms with van der Waals surface area (Å²) in [5.41, 5.74) is 6.08. The maximum atomic E-state index is 9.22. The second-order valence-electron chi connectivity index (χ2n) is 2.51. The number of anilines is 1. The normalized spacial score (nSPS) is 10.4. The lowest BCUT2D eigenvalue weighted by Crippen LogP contribution is -2.34. The summed E-state index contributed by atoms with van der Waals surface area (Å²) in [6.07, 6.45) is 2.90. The van der Waals surface area contributed by atoms with Gasteiger partial charge in [-0.1, -0.05) is 0 Å². The fourth-order valence-electron chi connectivity index (χ4n) is 0.937. The molecule has 0 bridgehead atoms. The summed E-state index contributed by atoms with van der Waals surface area (Å²) in [5, 5.41) is 16.5. The van der Waals surface area contributed by atoms with Gasteiger partial charge < -0.3 is 10.7 Å². The summed E-state index contributed by atoms with van der Waals surface area (Å²) in [7, 11) is 0. The number of nitrogens with two attached hydrogens (primary N) is 1. The second kappa shape index (κ2) is 2.92. The number of hydrogen-bond donors (Lipinski definition) is 4. The van der Waals surface area contributed by atoms with Crippen LogP contribution in [-0.2, 0) is 0 Å². The molecule has 0 spiro atoms. The summed E-state index contributed by atoms with van der Waals surface area (Å²) < 4.78 is 0. The predicted molar refractivity (Wildman–Crippen MR) is 47.9 cm³/mol. The van der Waals surface area contributed by atoms with Gasteiger partial charge in [-0.15, -0.1) is 0 Å². The van der Waals surface area contributed by atoms with E-state index in [1.165, 1.54) is 12.5 Å². The van der Waals surface area contributed by atoms with Crippen LogP contribution < -0.4 is 10.8 Å². The minimum atomic E-state index is -0.556. The third-order valence-corrected chi connectivity index (χ3v) is 1.58. The topological polar surface area (TPSA) is 128 Å². The van der Waals surface area contributed by atoms with E-state index in [0.717, 1.165) is 0 Å². The van der Waals surface area contributed by atoms with Crippen molar-refractivity contribution in [2.45, 2.75) is 0 Å². The Balaban J connectivity index is 2.48. The van der Waals surface area contributed by atoms with Gasteiger partial charge in [-0.2, -0.15) is 10.0 Å². The van der Waals surface area contributed by atoms with Gasteiger partial charge in [0.1, 0.15) is 5.52 Å². The molecular formula is C6H7N7O. The lowest BCUT2D eigenvalue weighted by Gasteiger charge is -2.10. The maximum Gasteiger partial charge on any atom is 0.259 e. The van der Waals surface area contributed by atoms with Gasteiger partial charge >= 0.3 is 0 Å². The quantitative estimate of drug-likeness (QED) is 0.273. The van der Waals surface area contributed by atoms with Crippen molar-refractivity contribution >= 4 is 23.1 Å². The fourth-order valence-corrected chi connectivity index (χ4v) is 0.937. The molecular weight excluding hydrogens is 186 g/mol. The van der Waals surface area contributed by atoms with E-state index in [1.54, 1.807) is 0 Å². The molecule has 0 aliphatic carbocycles. The highest BCUT2D eigenvalue weighted by atomic mass is 16.5. The highest BCUT2D eigenvalue weighted by Crippen LogP contribution is 2.09. The van der Waals surface area contributed by atoms with Crippen molar-refractivity contribution in [3.63, 3.8) is 0 Å². The second-order valence-corrected chi connectivity index (χ2v) is 2.51. The maximum absolute atomic E-state index is 9.22. The Morgan fingerprint density at radius 2 is 2.36 bits per heavy atom. The molecule has 2 aromatic heterocycles. The first-order chi connectivity index (χ1) is 6.68. The first-order valence-corrected chi connectivity index (χ1v) is 3.67. The van der Waals surface area contributed by atoms with E-state index >= 15 is 0 Å². The van der Waals surface area contributed by atoms with Crippen LogP contribution in [0.5, 0.6) is 0 Å². The first-order valence-electron chi connectivity index (χ1n) is 3.67. The molecule has 0 radical (unpaired) electrons. The van der Waals surface area contributed by atoms with E-state index in [0.29, 0.717) is 16.2 Å². The number of nitrogens with one attached hydrogen (secondary N) is 2. The average Bonchev–Trinajstić information content (AvgIpc) is 2.62. The zero-order valence-corrected chi connectivity index (χ0v) is 6.97. The van der Waals surface area contributed by atoms with Crippen molar-refractivity contribution in [1.29, 1.82) is 5.41 Å². The SMILES string of the molecule is N=C(N)N(O)c1ncc2[nH]cnc2n1. The summed E-state index contributed by atoms with van der Waals surface area (Å²) in [6, 6.07) is 0. The number of imidazole rings is 1. The van der Waals surface area contributed by atoms with Crippen LogP contribution >= 0.6 is 0 Å². The smallest absolute Gasteiger partial charge is 0.259 e. The van der Waals surface area contributed by atoms with Gasteiger partial charge in [-0.05, 0) is 0 Å². The van der Waals surface area contributed by atoms with Crippen LogP contribution in [0.2, 0.25) is 0 Å². The first kappa shape index (κ1) is 8.38. The van der Waals surface area contributed by atoms with E-state index in [4.69, 9.17) is 11.1 Å². The van der Waals surface area contributed by atoms with E-state index in [9.17, 15) is 5.21 Å². The zero-order valence-electron chi connectivity index (χ0n) is 6.97. The Kier molecular flexibility index (Phi) is 1.75. The average molecular weight is 193 g/mol. The Labute approximate surface area is 77.9 Å². The molecule has 5 N–H and O–H groups in total. The van der Waals surface area contributed by atoms with E-state index < -0.39 is 5.96 Å². The highest BCUT2D eigenvalue weighted by Gasteiger charge is 2.10. The molecule has 8 nitrogen and oxygen atoms in total. The number of nitrogens with zero attached hydrogens (tertiary/aromatic N) is 4. The molecule has 0 atom stereocenters. The van der Waals surface area contributed by atoms with Crippen molar-refractivity contribution < 1.29 is 5.21 Å². The summed E-state index contributed by atoms with van der Waals surface area (Å²) >= 11 is 0. The predicted octanol–water partition coefficient (Wildman–Crippen LogP) is -0.558. The number of guanidine groups is 1. The Hall–Kier alpha value is -2.22. The number of aromatic nitrogens is 4. The summed E-state index contributed by atoms with van der Waals surface area (Å²) in [6.45, 7) is 0. The zero-order chi connectivity index (χ0) is 10.1. The summed E-state index contributed by atoms with van der Waals surface area (Å²) in [4.78, 5) is 14.3. The molecule has 0 aliphatic rings. The molecule has 8 heteroatoms. The molecule has 14 heavy (non-hydrogen) atoms. The molecule has 0 fully saturated rings.